The number of carbonyl (C=O) groups is 3. The molecule has 2 amide bonds. The summed E-state index contributed by atoms with van der Waals surface area (Å²) < 4.78 is 43.6. The number of nitrogens with zero attached hydrogens (tertiary/aromatic N) is 1. The third-order valence-corrected chi connectivity index (χ3v) is 4.03. The van der Waals surface area contributed by atoms with Gasteiger partial charge in [0.25, 0.3) is 5.91 Å². The van der Waals surface area contributed by atoms with E-state index in [0.717, 1.165) is 17.0 Å². The molecule has 0 aromatic heterocycles. The van der Waals surface area contributed by atoms with Crippen molar-refractivity contribution < 1.29 is 32.3 Å². The molecule has 27 heavy (non-hydrogen) atoms. The molecule has 0 saturated carbocycles. The lowest BCUT2D eigenvalue weighted by Crippen LogP contribution is -2.37. The number of benzene rings is 1. The standard InChI is InChI=1S/C18H19F3N2O4/c1-3-7-22-16(25)11(2)27-17(26)12-8-15(24)23(10-12)14-6-4-5-13(9-14)18(19,20)21/h3-6,9,11-12H,1,7-8,10H2,2H3,(H,22,25)/t11-,12+/m0/s1. The second-order valence-corrected chi connectivity index (χ2v) is 6.07. The SMILES string of the molecule is C=CCNC(=O)[C@H](C)OC(=O)[C@@H]1CC(=O)N(c2cccc(C(F)(F)F)c2)C1. The Bertz CT molecular complexity index is 748. The molecular formula is C18H19F3N2O4. The van der Waals surface area contributed by atoms with Crippen molar-refractivity contribution in [3.8, 4) is 0 Å². The van der Waals surface area contributed by atoms with Gasteiger partial charge in [0.05, 0.1) is 11.5 Å². The average molecular weight is 384 g/mol. The fourth-order valence-electron chi connectivity index (χ4n) is 2.61. The lowest BCUT2D eigenvalue weighted by atomic mass is 10.1. The first kappa shape index (κ1) is 20.5. The first-order valence-corrected chi connectivity index (χ1v) is 8.20. The number of hydrogen-bond acceptors (Lipinski definition) is 4. The Labute approximate surface area is 154 Å². The first-order valence-electron chi connectivity index (χ1n) is 8.20. The van der Waals surface area contributed by atoms with Crippen LogP contribution in [0, 0.1) is 5.92 Å². The molecule has 0 spiro atoms. The molecule has 0 radical (unpaired) electrons. The summed E-state index contributed by atoms with van der Waals surface area (Å²) in [6.07, 6.45) is -4.33. The van der Waals surface area contributed by atoms with Crippen LogP contribution in [0.4, 0.5) is 18.9 Å². The molecule has 6 nitrogen and oxygen atoms in total. The van der Waals surface area contributed by atoms with Crippen molar-refractivity contribution in [1.29, 1.82) is 0 Å². The van der Waals surface area contributed by atoms with Gasteiger partial charge in [-0.3, -0.25) is 14.4 Å². The summed E-state index contributed by atoms with van der Waals surface area (Å²) in [6.45, 7) is 4.94. The Morgan fingerprint density at radius 3 is 2.78 bits per heavy atom. The maximum absolute atomic E-state index is 12.8. The predicted molar refractivity (Wildman–Crippen MR) is 90.7 cm³/mol. The van der Waals surface area contributed by atoms with Crippen LogP contribution in [0.25, 0.3) is 0 Å². The molecule has 9 heteroatoms. The van der Waals surface area contributed by atoms with Crippen molar-refractivity contribution in [2.45, 2.75) is 25.6 Å². The molecule has 1 aromatic carbocycles. The number of rotatable bonds is 6. The third-order valence-electron chi connectivity index (χ3n) is 4.03. The van der Waals surface area contributed by atoms with E-state index >= 15 is 0 Å². The molecule has 1 aromatic rings. The van der Waals surface area contributed by atoms with Crippen molar-refractivity contribution in [3.05, 3.63) is 42.5 Å². The summed E-state index contributed by atoms with van der Waals surface area (Å²) in [5.74, 6) is -2.61. The first-order chi connectivity index (χ1) is 12.6. The van der Waals surface area contributed by atoms with Crippen LogP contribution in [-0.2, 0) is 25.3 Å². The zero-order valence-electron chi connectivity index (χ0n) is 14.6. The van der Waals surface area contributed by atoms with Gasteiger partial charge in [-0.1, -0.05) is 12.1 Å². The Morgan fingerprint density at radius 2 is 2.15 bits per heavy atom. The Morgan fingerprint density at radius 1 is 1.44 bits per heavy atom. The van der Waals surface area contributed by atoms with Gasteiger partial charge in [0.15, 0.2) is 6.10 Å². The summed E-state index contributed by atoms with van der Waals surface area (Å²) in [5, 5.41) is 2.47. The Hall–Kier alpha value is -2.84. The molecule has 146 valence electrons. The Kier molecular flexibility index (Phi) is 6.24. The smallest absolute Gasteiger partial charge is 0.416 e. The van der Waals surface area contributed by atoms with Gasteiger partial charge in [-0.05, 0) is 25.1 Å². The molecule has 1 aliphatic rings. The summed E-state index contributed by atoms with van der Waals surface area (Å²) in [4.78, 5) is 37.2. The van der Waals surface area contributed by atoms with Crippen LogP contribution < -0.4 is 10.2 Å². The minimum atomic E-state index is -4.54. The highest BCUT2D eigenvalue weighted by molar-refractivity contribution is 5.99. The number of halogens is 3. The van der Waals surface area contributed by atoms with Crippen LogP contribution in [0.1, 0.15) is 18.9 Å². The van der Waals surface area contributed by atoms with E-state index in [-0.39, 0.29) is 25.2 Å². The highest BCUT2D eigenvalue weighted by Crippen LogP contribution is 2.33. The molecule has 1 N–H and O–H groups in total. The van der Waals surface area contributed by atoms with Crippen LogP contribution in [-0.4, -0.2) is 37.0 Å². The highest BCUT2D eigenvalue weighted by atomic mass is 19.4. The zero-order chi connectivity index (χ0) is 20.2. The monoisotopic (exact) mass is 384 g/mol. The normalized spacial score (nSPS) is 18.1. The zero-order valence-corrected chi connectivity index (χ0v) is 14.6. The summed E-state index contributed by atoms with van der Waals surface area (Å²) >= 11 is 0. The van der Waals surface area contributed by atoms with Gasteiger partial charge in [-0.25, -0.2) is 0 Å². The number of esters is 1. The van der Waals surface area contributed by atoms with E-state index in [1.54, 1.807) is 0 Å². The quantitative estimate of drug-likeness (QED) is 0.603. The van der Waals surface area contributed by atoms with E-state index in [0.29, 0.717) is 0 Å². The van der Waals surface area contributed by atoms with Gasteiger partial charge < -0.3 is 15.0 Å². The topological polar surface area (TPSA) is 75.7 Å². The largest absolute Gasteiger partial charge is 0.452 e. The van der Waals surface area contributed by atoms with E-state index in [9.17, 15) is 27.6 Å². The number of nitrogens with one attached hydrogen (secondary N) is 1. The second kappa shape index (κ2) is 8.24. The number of anilines is 1. The molecule has 0 unspecified atom stereocenters. The summed E-state index contributed by atoms with van der Waals surface area (Å²) in [7, 11) is 0. The van der Waals surface area contributed by atoms with Crippen molar-refractivity contribution >= 4 is 23.5 Å². The fraction of sp³-hybridized carbons (Fsp3) is 0.389. The van der Waals surface area contributed by atoms with Gasteiger partial charge in [0.2, 0.25) is 5.91 Å². The molecule has 0 aliphatic carbocycles. The molecular weight excluding hydrogens is 365 g/mol. The van der Waals surface area contributed by atoms with E-state index in [4.69, 9.17) is 4.74 Å². The number of hydrogen-bond donors (Lipinski definition) is 1. The van der Waals surface area contributed by atoms with Gasteiger partial charge >= 0.3 is 12.1 Å². The molecule has 0 bridgehead atoms. The number of carbonyl (C=O) groups excluding carboxylic acids is 3. The van der Waals surface area contributed by atoms with E-state index < -0.39 is 41.5 Å². The maximum Gasteiger partial charge on any atom is 0.416 e. The van der Waals surface area contributed by atoms with Crippen LogP contribution >= 0.6 is 0 Å². The van der Waals surface area contributed by atoms with Crippen LogP contribution in [0.2, 0.25) is 0 Å². The van der Waals surface area contributed by atoms with Crippen molar-refractivity contribution in [2.24, 2.45) is 5.92 Å². The van der Waals surface area contributed by atoms with E-state index in [1.165, 1.54) is 25.1 Å². The Balaban J connectivity index is 2.03. The molecule has 1 heterocycles. The lowest BCUT2D eigenvalue weighted by molar-refractivity contribution is -0.158. The lowest BCUT2D eigenvalue weighted by Gasteiger charge is -2.19. The van der Waals surface area contributed by atoms with Crippen LogP contribution in [0.5, 0.6) is 0 Å². The molecule has 2 rings (SSSR count). The number of ether oxygens (including phenoxy) is 1. The molecule has 1 fully saturated rings. The molecule has 2 atom stereocenters. The van der Waals surface area contributed by atoms with Crippen LogP contribution in [0.15, 0.2) is 36.9 Å². The minimum Gasteiger partial charge on any atom is -0.452 e. The van der Waals surface area contributed by atoms with Gasteiger partial charge in [0.1, 0.15) is 0 Å². The third kappa shape index (κ3) is 5.08. The molecule has 1 saturated heterocycles. The van der Waals surface area contributed by atoms with Crippen LogP contribution in [0.3, 0.4) is 0 Å². The fourth-order valence-corrected chi connectivity index (χ4v) is 2.61. The van der Waals surface area contributed by atoms with Gasteiger partial charge in [0, 0.05) is 25.2 Å². The van der Waals surface area contributed by atoms with Crippen molar-refractivity contribution in [3.63, 3.8) is 0 Å². The van der Waals surface area contributed by atoms with Gasteiger partial charge in [-0.2, -0.15) is 13.2 Å². The highest BCUT2D eigenvalue weighted by Gasteiger charge is 2.38. The molecule has 1 aliphatic heterocycles. The summed E-state index contributed by atoms with van der Waals surface area (Å²) in [6, 6.07) is 4.33. The average Bonchev–Trinajstić information content (AvgIpc) is 3.00. The number of amides is 2. The summed E-state index contributed by atoms with van der Waals surface area (Å²) in [5.41, 5.74) is -0.826. The van der Waals surface area contributed by atoms with E-state index in [1.807, 2.05) is 0 Å². The predicted octanol–water partition coefficient (Wildman–Crippen LogP) is 2.29. The van der Waals surface area contributed by atoms with Crippen molar-refractivity contribution in [2.75, 3.05) is 18.0 Å². The van der Waals surface area contributed by atoms with Crippen molar-refractivity contribution in [1.82, 2.24) is 5.32 Å². The maximum atomic E-state index is 12.8. The van der Waals surface area contributed by atoms with Gasteiger partial charge in [-0.15, -0.1) is 6.58 Å². The number of alkyl halides is 3. The minimum absolute atomic E-state index is 0.0573. The second-order valence-electron chi connectivity index (χ2n) is 6.07. The van der Waals surface area contributed by atoms with E-state index in [2.05, 4.69) is 11.9 Å².